The Morgan fingerprint density at radius 1 is 1.10 bits per heavy atom. The quantitative estimate of drug-likeness (QED) is 0.841. The molecule has 21 heavy (non-hydrogen) atoms. The standard InChI is InChI=1S/C17H28N2O2/c1-10-8-19(9-15(7-18)21-10)17(20)16-13-3-11-2-12(5-13)6-14(16)4-11/h10-16H,2-9,18H2,1H3. The molecular weight excluding hydrogens is 264 g/mol. The fraction of sp³-hybridized carbons (Fsp3) is 0.941. The first-order chi connectivity index (χ1) is 10.1. The van der Waals surface area contributed by atoms with Gasteiger partial charge in [-0.1, -0.05) is 0 Å². The van der Waals surface area contributed by atoms with Crippen molar-refractivity contribution in [3.63, 3.8) is 0 Å². The molecule has 4 heteroatoms. The number of nitrogens with zero attached hydrogens (tertiary/aromatic N) is 1. The lowest BCUT2D eigenvalue weighted by atomic mass is 9.51. The van der Waals surface area contributed by atoms with E-state index in [1.165, 1.54) is 32.1 Å². The summed E-state index contributed by atoms with van der Waals surface area (Å²) in [7, 11) is 0. The number of ether oxygens (including phenoxy) is 1. The summed E-state index contributed by atoms with van der Waals surface area (Å²) < 4.78 is 5.80. The van der Waals surface area contributed by atoms with Crippen molar-refractivity contribution in [2.24, 2.45) is 35.3 Å². The molecule has 2 N–H and O–H groups in total. The highest BCUT2D eigenvalue weighted by molar-refractivity contribution is 5.80. The molecule has 1 heterocycles. The molecule has 2 unspecified atom stereocenters. The van der Waals surface area contributed by atoms with Crippen LogP contribution < -0.4 is 5.73 Å². The van der Waals surface area contributed by atoms with Crippen LogP contribution in [0.1, 0.15) is 39.0 Å². The maximum atomic E-state index is 13.1. The molecule has 1 amide bonds. The van der Waals surface area contributed by atoms with E-state index in [1.807, 2.05) is 0 Å². The maximum Gasteiger partial charge on any atom is 0.226 e. The lowest BCUT2D eigenvalue weighted by Gasteiger charge is -2.54. The van der Waals surface area contributed by atoms with E-state index in [2.05, 4.69) is 11.8 Å². The van der Waals surface area contributed by atoms with Crippen molar-refractivity contribution in [3.8, 4) is 0 Å². The summed E-state index contributed by atoms with van der Waals surface area (Å²) in [6, 6.07) is 0. The molecule has 0 aromatic heterocycles. The number of carbonyl (C=O) groups is 1. The monoisotopic (exact) mass is 292 g/mol. The van der Waals surface area contributed by atoms with Gasteiger partial charge in [-0.25, -0.2) is 0 Å². The van der Waals surface area contributed by atoms with Gasteiger partial charge >= 0.3 is 0 Å². The van der Waals surface area contributed by atoms with Crippen molar-refractivity contribution in [3.05, 3.63) is 0 Å². The molecule has 0 aromatic rings. The van der Waals surface area contributed by atoms with E-state index in [0.717, 1.165) is 18.4 Å². The van der Waals surface area contributed by atoms with Crippen molar-refractivity contribution in [2.75, 3.05) is 19.6 Å². The number of carbonyl (C=O) groups excluding carboxylic acids is 1. The van der Waals surface area contributed by atoms with E-state index in [1.54, 1.807) is 0 Å². The third-order valence-electron chi connectivity index (χ3n) is 6.41. The molecule has 4 bridgehead atoms. The lowest BCUT2D eigenvalue weighted by molar-refractivity contribution is -0.160. The van der Waals surface area contributed by atoms with Crippen LogP contribution in [0.3, 0.4) is 0 Å². The summed E-state index contributed by atoms with van der Waals surface area (Å²) in [4.78, 5) is 15.2. The van der Waals surface area contributed by atoms with Gasteiger partial charge in [-0.3, -0.25) is 4.79 Å². The van der Waals surface area contributed by atoms with E-state index >= 15 is 0 Å². The molecule has 5 aliphatic rings. The molecular formula is C17H28N2O2. The molecule has 118 valence electrons. The van der Waals surface area contributed by atoms with Gasteiger partial charge in [0.25, 0.3) is 0 Å². The van der Waals surface area contributed by atoms with Crippen molar-refractivity contribution in [1.29, 1.82) is 0 Å². The molecule has 4 aliphatic carbocycles. The Hall–Kier alpha value is -0.610. The zero-order valence-corrected chi connectivity index (χ0v) is 13.0. The summed E-state index contributed by atoms with van der Waals surface area (Å²) in [6.45, 7) is 4.01. The van der Waals surface area contributed by atoms with Crippen LogP contribution in [-0.4, -0.2) is 42.6 Å². The van der Waals surface area contributed by atoms with Gasteiger partial charge in [-0.05, 0) is 62.7 Å². The average Bonchev–Trinajstić information content (AvgIpc) is 2.45. The first-order valence-corrected chi connectivity index (χ1v) is 8.78. The van der Waals surface area contributed by atoms with Crippen LogP contribution in [0.2, 0.25) is 0 Å². The molecule has 5 fully saturated rings. The SMILES string of the molecule is CC1CN(C(=O)C2C3CC4CC(C3)CC2C4)CC(CN)O1. The van der Waals surface area contributed by atoms with Gasteiger partial charge in [0.1, 0.15) is 0 Å². The van der Waals surface area contributed by atoms with E-state index < -0.39 is 0 Å². The number of amides is 1. The van der Waals surface area contributed by atoms with Crippen molar-refractivity contribution < 1.29 is 9.53 Å². The summed E-state index contributed by atoms with van der Waals surface area (Å²) in [6.07, 6.45) is 6.82. The zero-order chi connectivity index (χ0) is 14.6. The number of nitrogens with two attached hydrogens (primary N) is 1. The van der Waals surface area contributed by atoms with Crippen LogP contribution in [0, 0.1) is 29.6 Å². The molecule has 1 aliphatic heterocycles. The zero-order valence-electron chi connectivity index (χ0n) is 13.0. The highest BCUT2D eigenvalue weighted by Gasteiger charge is 2.51. The predicted molar refractivity (Wildman–Crippen MR) is 80.5 cm³/mol. The Morgan fingerprint density at radius 3 is 2.29 bits per heavy atom. The van der Waals surface area contributed by atoms with Gasteiger partial charge in [0.2, 0.25) is 5.91 Å². The second-order valence-corrected chi connectivity index (χ2v) is 8.00. The molecule has 2 atom stereocenters. The van der Waals surface area contributed by atoms with Crippen LogP contribution in [0.5, 0.6) is 0 Å². The Morgan fingerprint density at radius 2 is 1.71 bits per heavy atom. The Labute approximate surface area is 127 Å². The Bertz CT molecular complexity index is 397. The Kier molecular flexibility index (Phi) is 3.49. The van der Waals surface area contributed by atoms with Crippen molar-refractivity contribution in [2.45, 2.75) is 51.2 Å². The first-order valence-electron chi connectivity index (χ1n) is 8.78. The van der Waals surface area contributed by atoms with Crippen LogP contribution >= 0.6 is 0 Å². The van der Waals surface area contributed by atoms with Crippen LogP contribution in [-0.2, 0) is 9.53 Å². The molecule has 0 radical (unpaired) electrons. The molecule has 0 spiro atoms. The highest BCUT2D eigenvalue weighted by atomic mass is 16.5. The Balaban J connectivity index is 1.49. The second kappa shape index (κ2) is 5.24. The smallest absolute Gasteiger partial charge is 0.226 e. The maximum absolute atomic E-state index is 13.1. The highest BCUT2D eigenvalue weighted by Crippen LogP contribution is 2.56. The summed E-state index contributed by atoms with van der Waals surface area (Å²) in [5, 5.41) is 0. The first kappa shape index (κ1) is 14.0. The van der Waals surface area contributed by atoms with Gasteiger partial charge in [-0.2, -0.15) is 0 Å². The normalized spacial score (nSPS) is 48.7. The molecule has 4 saturated carbocycles. The molecule has 5 rings (SSSR count). The van der Waals surface area contributed by atoms with E-state index in [9.17, 15) is 4.79 Å². The summed E-state index contributed by atoms with van der Waals surface area (Å²) >= 11 is 0. The minimum atomic E-state index is 0.0227. The molecule has 0 aromatic carbocycles. The fourth-order valence-corrected chi connectivity index (χ4v) is 5.89. The van der Waals surface area contributed by atoms with Crippen molar-refractivity contribution in [1.82, 2.24) is 4.90 Å². The predicted octanol–water partition coefficient (Wildman–Crippen LogP) is 1.63. The number of hydrogen-bond donors (Lipinski definition) is 1. The fourth-order valence-electron chi connectivity index (χ4n) is 5.89. The van der Waals surface area contributed by atoms with Gasteiger partial charge in [-0.15, -0.1) is 0 Å². The van der Waals surface area contributed by atoms with E-state index in [0.29, 0.717) is 36.8 Å². The van der Waals surface area contributed by atoms with E-state index in [-0.39, 0.29) is 12.2 Å². The number of morpholine rings is 1. The minimum absolute atomic E-state index is 0.0227. The minimum Gasteiger partial charge on any atom is -0.370 e. The largest absolute Gasteiger partial charge is 0.370 e. The van der Waals surface area contributed by atoms with Gasteiger partial charge in [0, 0.05) is 25.6 Å². The summed E-state index contributed by atoms with van der Waals surface area (Å²) in [5.41, 5.74) is 5.76. The van der Waals surface area contributed by atoms with Crippen molar-refractivity contribution >= 4 is 5.91 Å². The third-order valence-corrected chi connectivity index (χ3v) is 6.41. The average molecular weight is 292 g/mol. The van der Waals surface area contributed by atoms with Crippen LogP contribution in [0.15, 0.2) is 0 Å². The molecule has 1 saturated heterocycles. The van der Waals surface area contributed by atoms with E-state index in [4.69, 9.17) is 10.5 Å². The topological polar surface area (TPSA) is 55.6 Å². The van der Waals surface area contributed by atoms with Crippen LogP contribution in [0.4, 0.5) is 0 Å². The summed E-state index contributed by atoms with van der Waals surface area (Å²) in [5.74, 6) is 3.92. The van der Waals surface area contributed by atoms with Gasteiger partial charge in [0.05, 0.1) is 12.2 Å². The van der Waals surface area contributed by atoms with Crippen LogP contribution in [0.25, 0.3) is 0 Å². The lowest BCUT2D eigenvalue weighted by Crippen LogP contribution is -2.57. The van der Waals surface area contributed by atoms with Gasteiger partial charge in [0.15, 0.2) is 0 Å². The third kappa shape index (κ3) is 2.40. The molecule has 4 nitrogen and oxygen atoms in total. The second-order valence-electron chi connectivity index (χ2n) is 8.00. The number of hydrogen-bond acceptors (Lipinski definition) is 3. The van der Waals surface area contributed by atoms with Gasteiger partial charge < -0.3 is 15.4 Å². The number of rotatable bonds is 2.